The van der Waals surface area contributed by atoms with Gasteiger partial charge in [-0.2, -0.15) is 22.5 Å². The molecule has 1 heterocycles. The molecule has 18 heavy (non-hydrogen) atoms. The Morgan fingerprint density at radius 1 is 1.11 bits per heavy atom. The Labute approximate surface area is 102 Å². The van der Waals surface area contributed by atoms with Crippen LogP contribution in [0.2, 0.25) is 0 Å². The summed E-state index contributed by atoms with van der Waals surface area (Å²) >= 11 is 0. The lowest BCUT2D eigenvalue weighted by Crippen LogP contribution is -2.27. The van der Waals surface area contributed by atoms with Crippen LogP contribution in [0.25, 0.3) is 0 Å². The molecule has 0 radical (unpaired) electrons. The van der Waals surface area contributed by atoms with Gasteiger partial charge in [-0.05, 0) is 13.8 Å². The highest BCUT2D eigenvalue weighted by atomic mass is 19.2. The molecular weight excluding hydrogens is 252 g/mol. The molecule has 0 bridgehead atoms. The number of pyridine rings is 1. The summed E-state index contributed by atoms with van der Waals surface area (Å²) in [6.45, 7) is 3.87. The van der Waals surface area contributed by atoms with Crippen molar-refractivity contribution < 1.29 is 22.3 Å². The van der Waals surface area contributed by atoms with Crippen LogP contribution in [-0.4, -0.2) is 31.3 Å². The van der Waals surface area contributed by atoms with Crippen LogP contribution >= 0.6 is 0 Å². The van der Waals surface area contributed by atoms with Crippen molar-refractivity contribution in [1.82, 2.24) is 4.98 Å². The smallest absolute Gasteiger partial charge is 0.253 e. The third-order valence-electron chi connectivity index (χ3n) is 2.23. The van der Waals surface area contributed by atoms with Crippen molar-refractivity contribution in [3.05, 3.63) is 23.5 Å². The molecule has 3 nitrogen and oxygen atoms in total. The van der Waals surface area contributed by atoms with Gasteiger partial charge in [0.25, 0.3) is 11.9 Å². The van der Waals surface area contributed by atoms with Crippen LogP contribution in [0, 0.1) is 23.5 Å². The maximum atomic E-state index is 13.4. The van der Waals surface area contributed by atoms with Gasteiger partial charge in [0.1, 0.15) is 5.69 Å². The van der Waals surface area contributed by atoms with Crippen LogP contribution in [-0.2, 0) is 4.74 Å². The molecule has 7 heteroatoms. The van der Waals surface area contributed by atoms with Gasteiger partial charge in [0.05, 0.1) is 12.7 Å². The van der Waals surface area contributed by atoms with E-state index in [2.05, 4.69) is 4.98 Å². The number of rotatable bonds is 5. The normalized spacial score (nSPS) is 11.1. The van der Waals surface area contributed by atoms with Gasteiger partial charge >= 0.3 is 0 Å². The average molecular weight is 266 g/mol. The minimum absolute atomic E-state index is 0.0426. The molecule has 0 aliphatic rings. The molecule has 0 saturated heterocycles. The molecule has 0 aliphatic heterocycles. The summed E-state index contributed by atoms with van der Waals surface area (Å²) in [5.74, 6) is -6.36. The van der Waals surface area contributed by atoms with Gasteiger partial charge in [-0.15, -0.1) is 0 Å². The third kappa shape index (κ3) is 3.32. The summed E-state index contributed by atoms with van der Waals surface area (Å²) in [7, 11) is 1.31. The van der Waals surface area contributed by atoms with Crippen LogP contribution < -0.4 is 4.90 Å². The second-order valence-electron chi connectivity index (χ2n) is 4.01. The molecule has 0 unspecified atom stereocenters. The van der Waals surface area contributed by atoms with E-state index in [1.165, 1.54) is 7.05 Å². The summed E-state index contributed by atoms with van der Waals surface area (Å²) in [4.78, 5) is 3.53. The van der Waals surface area contributed by atoms with Crippen LogP contribution in [0.5, 0.6) is 0 Å². The predicted molar refractivity (Wildman–Crippen MR) is 58.4 cm³/mol. The summed E-state index contributed by atoms with van der Waals surface area (Å²) in [5, 5.41) is 0. The minimum atomic E-state index is -1.67. The van der Waals surface area contributed by atoms with Crippen LogP contribution in [0.1, 0.15) is 13.8 Å². The number of nitrogens with zero attached hydrogens (tertiary/aromatic N) is 2. The first-order chi connectivity index (χ1) is 8.34. The second-order valence-corrected chi connectivity index (χ2v) is 4.01. The predicted octanol–water partition coefficient (Wildman–Crippen LogP) is 2.50. The van der Waals surface area contributed by atoms with E-state index < -0.39 is 29.2 Å². The van der Waals surface area contributed by atoms with E-state index in [0.29, 0.717) is 0 Å². The Bertz CT molecular complexity index is 400. The molecule has 0 aliphatic carbocycles. The first-order valence-electron chi connectivity index (χ1n) is 5.37. The Morgan fingerprint density at radius 3 is 2.06 bits per heavy atom. The van der Waals surface area contributed by atoms with E-state index in [1.807, 2.05) is 0 Å². The van der Waals surface area contributed by atoms with Gasteiger partial charge in [-0.1, -0.05) is 0 Å². The lowest BCUT2D eigenvalue weighted by Gasteiger charge is -2.21. The van der Waals surface area contributed by atoms with E-state index in [4.69, 9.17) is 4.74 Å². The minimum Gasteiger partial charge on any atom is -0.377 e. The SMILES string of the molecule is CC(C)OCCN(C)c1c(F)c(F)nc(F)c1F. The highest BCUT2D eigenvalue weighted by molar-refractivity contribution is 5.47. The highest BCUT2D eigenvalue weighted by Gasteiger charge is 2.23. The number of halogens is 4. The topological polar surface area (TPSA) is 25.4 Å². The number of hydrogen-bond donors (Lipinski definition) is 0. The molecule has 102 valence electrons. The third-order valence-corrected chi connectivity index (χ3v) is 2.23. The van der Waals surface area contributed by atoms with Crippen LogP contribution in [0.15, 0.2) is 0 Å². The van der Waals surface area contributed by atoms with Gasteiger partial charge in [-0.3, -0.25) is 0 Å². The molecule has 0 N–H and O–H groups in total. The number of aromatic nitrogens is 1. The van der Waals surface area contributed by atoms with Crippen molar-refractivity contribution in [2.45, 2.75) is 20.0 Å². The Balaban J connectivity index is 2.88. The zero-order valence-corrected chi connectivity index (χ0v) is 10.3. The van der Waals surface area contributed by atoms with Crippen molar-refractivity contribution in [3.8, 4) is 0 Å². The number of hydrogen-bond acceptors (Lipinski definition) is 3. The summed E-state index contributed by atoms with van der Waals surface area (Å²) in [6, 6.07) is 0. The quantitative estimate of drug-likeness (QED) is 0.605. The van der Waals surface area contributed by atoms with Gasteiger partial charge < -0.3 is 9.64 Å². The van der Waals surface area contributed by atoms with Crippen molar-refractivity contribution in [2.75, 3.05) is 25.1 Å². The van der Waals surface area contributed by atoms with E-state index in [0.717, 1.165) is 4.90 Å². The standard InChI is InChI=1S/C11H14F4N2O/c1-6(2)18-5-4-17(3)9-7(12)10(14)16-11(15)8(9)13/h6H,4-5H2,1-3H3. The van der Waals surface area contributed by atoms with Crippen molar-refractivity contribution in [1.29, 1.82) is 0 Å². The van der Waals surface area contributed by atoms with Gasteiger partial charge in [0.2, 0.25) is 11.6 Å². The highest BCUT2D eigenvalue weighted by Crippen LogP contribution is 2.24. The molecule has 0 spiro atoms. The maximum Gasteiger partial charge on any atom is 0.253 e. The second kappa shape index (κ2) is 5.99. The fourth-order valence-electron chi connectivity index (χ4n) is 1.35. The molecule has 1 rings (SSSR count). The van der Waals surface area contributed by atoms with Gasteiger partial charge in [0.15, 0.2) is 0 Å². The van der Waals surface area contributed by atoms with Crippen molar-refractivity contribution in [3.63, 3.8) is 0 Å². The maximum absolute atomic E-state index is 13.4. The molecule has 0 aromatic carbocycles. The Kier molecular flexibility index (Phi) is 4.89. The molecular formula is C11H14F4N2O. The molecule has 0 fully saturated rings. The summed E-state index contributed by atoms with van der Waals surface area (Å²) in [6.07, 6.45) is -0.0426. The van der Waals surface area contributed by atoms with Crippen LogP contribution in [0.3, 0.4) is 0 Å². The van der Waals surface area contributed by atoms with E-state index in [1.54, 1.807) is 13.8 Å². The van der Waals surface area contributed by atoms with Crippen molar-refractivity contribution >= 4 is 5.69 Å². The average Bonchev–Trinajstić information content (AvgIpc) is 2.26. The zero-order valence-electron chi connectivity index (χ0n) is 10.3. The largest absolute Gasteiger partial charge is 0.377 e. The molecule has 1 aromatic rings. The first-order valence-corrected chi connectivity index (χ1v) is 5.37. The molecule has 0 atom stereocenters. The summed E-state index contributed by atoms with van der Waals surface area (Å²) < 4.78 is 57.6. The number of likely N-dealkylation sites (N-methyl/N-ethyl adjacent to an activating group) is 1. The monoisotopic (exact) mass is 266 g/mol. The number of anilines is 1. The fraction of sp³-hybridized carbons (Fsp3) is 0.545. The van der Waals surface area contributed by atoms with E-state index in [9.17, 15) is 17.6 Å². The fourth-order valence-corrected chi connectivity index (χ4v) is 1.35. The summed E-state index contributed by atoms with van der Waals surface area (Å²) in [5.41, 5.74) is -0.785. The lowest BCUT2D eigenvalue weighted by atomic mass is 10.3. The lowest BCUT2D eigenvalue weighted by molar-refractivity contribution is 0.0844. The zero-order chi connectivity index (χ0) is 13.9. The Hall–Kier alpha value is -1.37. The van der Waals surface area contributed by atoms with Gasteiger partial charge in [0, 0.05) is 13.6 Å². The van der Waals surface area contributed by atoms with E-state index >= 15 is 0 Å². The van der Waals surface area contributed by atoms with E-state index in [-0.39, 0.29) is 19.3 Å². The van der Waals surface area contributed by atoms with Gasteiger partial charge in [-0.25, -0.2) is 0 Å². The Morgan fingerprint density at radius 2 is 1.61 bits per heavy atom. The number of ether oxygens (including phenoxy) is 1. The molecule has 0 saturated carbocycles. The van der Waals surface area contributed by atoms with Crippen molar-refractivity contribution in [2.24, 2.45) is 0 Å². The molecule has 1 aromatic heterocycles. The first kappa shape index (κ1) is 14.7. The van der Waals surface area contributed by atoms with Crippen LogP contribution in [0.4, 0.5) is 23.2 Å². The molecule has 0 amide bonds.